The summed E-state index contributed by atoms with van der Waals surface area (Å²) in [7, 11) is 1.59. The molecule has 21 heavy (non-hydrogen) atoms. The smallest absolute Gasteiger partial charge is 0.160 e. The number of benzene rings is 1. The molecule has 2 rings (SSSR count). The Morgan fingerprint density at radius 2 is 2.05 bits per heavy atom. The van der Waals surface area contributed by atoms with E-state index in [1.807, 2.05) is 12.1 Å². The van der Waals surface area contributed by atoms with Gasteiger partial charge >= 0.3 is 0 Å². The lowest BCUT2D eigenvalue weighted by Crippen LogP contribution is -2.45. The maximum Gasteiger partial charge on any atom is 0.160 e. The highest BCUT2D eigenvalue weighted by Crippen LogP contribution is 2.33. The summed E-state index contributed by atoms with van der Waals surface area (Å²) in [4.78, 5) is 2.54. The van der Waals surface area contributed by atoms with Crippen molar-refractivity contribution in [2.24, 2.45) is 0 Å². The first-order chi connectivity index (χ1) is 10.3. The summed E-state index contributed by atoms with van der Waals surface area (Å²) < 4.78 is 5.15. The Labute approximate surface area is 128 Å². The molecule has 0 radical (unpaired) electrons. The largest absolute Gasteiger partial charge is 0.504 e. The zero-order valence-electron chi connectivity index (χ0n) is 13.3. The molecule has 0 saturated carbocycles. The van der Waals surface area contributed by atoms with Crippen molar-refractivity contribution in [2.75, 3.05) is 33.3 Å². The van der Waals surface area contributed by atoms with Gasteiger partial charge in [-0.1, -0.05) is 32.3 Å². The first-order valence-electron chi connectivity index (χ1n) is 8.08. The average molecular weight is 292 g/mol. The minimum absolute atomic E-state index is 0.241. The third-order valence-electron chi connectivity index (χ3n) is 4.26. The number of methoxy groups -OCH3 is 1. The molecule has 1 atom stereocenters. The Balaban J connectivity index is 2.14. The summed E-state index contributed by atoms with van der Waals surface area (Å²) in [5.74, 6) is 0.789. The highest BCUT2D eigenvalue weighted by molar-refractivity contribution is 5.42. The summed E-state index contributed by atoms with van der Waals surface area (Å²) in [6.45, 7) is 6.48. The van der Waals surface area contributed by atoms with Gasteiger partial charge in [0.15, 0.2) is 11.5 Å². The second kappa shape index (κ2) is 8.25. The Kier molecular flexibility index (Phi) is 6.33. The van der Waals surface area contributed by atoms with Crippen molar-refractivity contribution in [3.63, 3.8) is 0 Å². The monoisotopic (exact) mass is 292 g/mol. The molecule has 0 aromatic heterocycles. The standard InChI is InChI=1S/C17H28N2O2/c1-3-4-5-6-15(19-11-9-18-10-12-19)14-7-8-17(21-2)16(20)13-14/h7-8,13,15,18,20H,3-6,9-12H2,1-2H3/t15-/m0/s1. The maximum absolute atomic E-state index is 10.1. The van der Waals surface area contributed by atoms with E-state index in [0.717, 1.165) is 32.6 Å². The fourth-order valence-electron chi connectivity index (χ4n) is 3.06. The topological polar surface area (TPSA) is 44.7 Å². The Bertz CT molecular complexity index is 431. The van der Waals surface area contributed by atoms with E-state index in [1.165, 1.54) is 24.8 Å². The van der Waals surface area contributed by atoms with Crippen molar-refractivity contribution >= 4 is 0 Å². The highest BCUT2D eigenvalue weighted by atomic mass is 16.5. The van der Waals surface area contributed by atoms with Crippen LogP contribution < -0.4 is 10.1 Å². The molecule has 0 amide bonds. The predicted octanol–water partition coefficient (Wildman–Crippen LogP) is 2.93. The molecule has 1 saturated heterocycles. The van der Waals surface area contributed by atoms with Gasteiger partial charge in [0.25, 0.3) is 0 Å². The quantitative estimate of drug-likeness (QED) is 0.759. The van der Waals surface area contributed by atoms with Gasteiger partial charge < -0.3 is 15.2 Å². The Hall–Kier alpha value is -1.26. The Morgan fingerprint density at radius 1 is 1.29 bits per heavy atom. The lowest BCUT2D eigenvalue weighted by atomic mass is 9.97. The molecule has 1 aromatic carbocycles. The number of nitrogens with one attached hydrogen (secondary N) is 1. The number of aromatic hydroxyl groups is 1. The van der Waals surface area contributed by atoms with Crippen LogP contribution in [0, 0.1) is 0 Å². The molecule has 0 unspecified atom stereocenters. The minimum Gasteiger partial charge on any atom is -0.504 e. The van der Waals surface area contributed by atoms with Gasteiger partial charge in [0.05, 0.1) is 7.11 Å². The van der Waals surface area contributed by atoms with Crippen molar-refractivity contribution in [1.82, 2.24) is 10.2 Å². The summed E-state index contributed by atoms with van der Waals surface area (Å²) in [5.41, 5.74) is 1.20. The molecule has 1 aliphatic heterocycles. The van der Waals surface area contributed by atoms with Crippen LogP contribution in [0.5, 0.6) is 11.5 Å². The van der Waals surface area contributed by atoms with Crippen LogP contribution in [0.1, 0.15) is 44.2 Å². The van der Waals surface area contributed by atoms with E-state index >= 15 is 0 Å². The van der Waals surface area contributed by atoms with Gasteiger partial charge in [-0.25, -0.2) is 0 Å². The van der Waals surface area contributed by atoms with Crippen molar-refractivity contribution < 1.29 is 9.84 Å². The number of hydrogen-bond donors (Lipinski definition) is 2. The van der Waals surface area contributed by atoms with Crippen LogP contribution >= 0.6 is 0 Å². The van der Waals surface area contributed by atoms with E-state index in [0.29, 0.717) is 11.8 Å². The fourth-order valence-corrected chi connectivity index (χ4v) is 3.06. The number of unbranched alkanes of at least 4 members (excludes halogenated alkanes) is 2. The SMILES string of the molecule is CCCCC[C@@H](c1ccc(OC)c(O)c1)N1CCNCC1. The fraction of sp³-hybridized carbons (Fsp3) is 0.647. The van der Waals surface area contributed by atoms with E-state index < -0.39 is 0 Å². The van der Waals surface area contributed by atoms with Gasteiger partial charge in [-0.15, -0.1) is 0 Å². The number of hydrogen-bond acceptors (Lipinski definition) is 4. The molecule has 1 aliphatic rings. The van der Waals surface area contributed by atoms with Crippen LogP contribution in [0.15, 0.2) is 18.2 Å². The number of rotatable bonds is 7. The predicted molar refractivity (Wildman–Crippen MR) is 86.0 cm³/mol. The lowest BCUT2D eigenvalue weighted by Gasteiger charge is -2.35. The van der Waals surface area contributed by atoms with E-state index in [9.17, 15) is 5.11 Å². The van der Waals surface area contributed by atoms with Crippen molar-refractivity contribution in [3.05, 3.63) is 23.8 Å². The molecule has 1 aromatic rings. The maximum atomic E-state index is 10.1. The molecule has 1 heterocycles. The third-order valence-corrected chi connectivity index (χ3v) is 4.26. The van der Waals surface area contributed by atoms with Crippen LogP contribution in [0.2, 0.25) is 0 Å². The van der Waals surface area contributed by atoms with Crippen LogP contribution in [0.4, 0.5) is 0 Å². The van der Waals surface area contributed by atoms with E-state index in [-0.39, 0.29) is 5.75 Å². The van der Waals surface area contributed by atoms with Crippen molar-refractivity contribution in [1.29, 1.82) is 0 Å². The van der Waals surface area contributed by atoms with Gasteiger partial charge in [-0.2, -0.15) is 0 Å². The first-order valence-corrected chi connectivity index (χ1v) is 8.08. The molecule has 0 aliphatic carbocycles. The van der Waals surface area contributed by atoms with E-state index in [2.05, 4.69) is 23.2 Å². The van der Waals surface area contributed by atoms with Crippen LogP contribution in [-0.2, 0) is 0 Å². The molecule has 118 valence electrons. The first kappa shape index (κ1) is 16.1. The Morgan fingerprint density at radius 3 is 2.67 bits per heavy atom. The summed E-state index contributed by atoms with van der Waals surface area (Å²) in [5, 5.41) is 13.5. The number of phenolic OH excluding ortho intramolecular Hbond substituents is 1. The highest BCUT2D eigenvalue weighted by Gasteiger charge is 2.22. The lowest BCUT2D eigenvalue weighted by molar-refractivity contribution is 0.162. The molecule has 1 fully saturated rings. The number of piperazine rings is 1. The molecule has 4 nitrogen and oxygen atoms in total. The molecule has 2 N–H and O–H groups in total. The van der Waals surface area contributed by atoms with Crippen LogP contribution in [-0.4, -0.2) is 43.3 Å². The van der Waals surface area contributed by atoms with Crippen LogP contribution in [0.3, 0.4) is 0 Å². The third kappa shape index (κ3) is 4.35. The number of nitrogens with zero attached hydrogens (tertiary/aromatic N) is 1. The average Bonchev–Trinajstić information content (AvgIpc) is 2.52. The van der Waals surface area contributed by atoms with Crippen LogP contribution in [0.25, 0.3) is 0 Å². The second-order valence-electron chi connectivity index (χ2n) is 5.73. The zero-order valence-corrected chi connectivity index (χ0v) is 13.3. The zero-order chi connectivity index (χ0) is 15.1. The molecular formula is C17H28N2O2. The molecule has 0 bridgehead atoms. The normalized spacial score (nSPS) is 17.6. The molecule has 4 heteroatoms. The summed E-state index contributed by atoms with van der Waals surface area (Å²) in [6, 6.07) is 6.24. The van der Waals surface area contributed by atoms with Gasteiger partial charge in [0.2, 0.25) is 0 Å². The minimum atomic E-state index is 0.241. The molecular weight excluding hydrogens is 264 g/mol. The van der Waals surface area contributed by atoms with Gasteiger partial charge in [-0.3, -0.25) is 4.90 Å². The van der Waals surface area contributed by atoms with Gasteiger partial charge in [-0.05, 0) is 24.1 Å². The van der Waals surface area contributed by atoms with Crippen molar-refractivity contribution in [3.8, 4) is 11.5 Å². The van der Waals surface area contributed by atoms with E-state index in [1.54, 1.807) is 7.11 Å². The number of phenols is 1. The van der Waals surface area contributed by atoms with Gasteiger partial charge in [0, 0.05) is 32.2 Å². The summed E-state index contributed by atoms with van der Waals surface area (Å²) >= 11 is 0. The van der Waals surface area contributed by atoms with Crippen molar-refractivity contribution in [2.45, 2.75) is 38.6 Å². The summed E-state index contributed by atoms with van der Waals surface area (Å²) in [6.07, 6.45) is 4.89. The second-order valence-corrected chi connectivity index (χ2v) is 5.73. The van der Waals surface area contributed by atoms with E-state index in [4.69, 9.17) is 4.74 Å². The molecule has 0 spiro atoms. The number of ether oxygens (including phenoxy) is 1. The van der Waals surface area contributed by atoms with Gasteiger partial charge in [0.1, 0.15) is 0 Å².